The van der Waals surface area contributed by atoms with Crippen molar-refractivity contribution in [2.24, 2.45) is 0 Å². The summed E-state index contributed by atoms with van der Waals surface area (Å²) in [6, 6.07) is 0. The van der Waals surface area contributed by atoms with E-state index in [0.29, 0.717) is 5.57 Å². The molecule has 0 aromatic rings. The van der Waals surface area contributed by atoms with Crippen molar-refractivity contribution in [3.63, 3.8) is 0 Å². The van der Waals surface area contributed by atoms with E-state index in [1.165, 1.54) is 0 Å². The molecular weight excluding hydrogens is 126 g/mol. The van der Waals surface area contributed by atoms with Crippen molar-refractivity contribution in [1.29, 1.82) is 0 Å². The Bertz CT molecular complexity index is 108. The summed E-state index contributed by atoms with van der Waals surface area (Å²) in [6.07, 6.45) is 0. The average molecular weight is 133 g/mol. The van der Waals surface area contributed by atoms with E-state index in [-0.39, 0.29) is 6.61 Å². The molecule has 0 N–H and O–H groups in total. The minimum Gasteiger partial charge on any atom is -0.194 e. The van der Waals surface area contributed by atoms with Gasteiger partial charge < -0.3 is 0 Å². The summed E-state index contributed by atoms with van der Waals surface area (Å²) < 4.78 is 0. The summed E-state index contributed by atoms with van der Waals surface area (Å²) in [5.41, 5.74) is 0.664. The minimum atomic E-state index is -1.02. The highest BCUT2D eigenvalue weighted by molar-refractivity contribution is 4.86. The highest BCUT2D eigenvalue weighted by atomic mass is 17.3. The first-order chi connectivity index (χ1) is 4.13. The van der Waals surface area contributed by atoms with Crippen LogP contribution in [0.4, 0.5) is 0 Å². The lowest BCUT2D eigenvalue weighted by atomic mass is 10.4. The molecule has 0 bridgehead atoms. The van der Waals surface area contributed by atoms with E-state index in [2.05, 4.69) is 16.5 Å². The smallest absolute Gasteiger partial charge is 0.194 e. The first-order valence-electron chi connectivity index (χ1n) is 2.21. The molecule has 0 saturated heterocycles. The molecular formula is C4H7NO4. The van der Waals surface area contributed by atoms with Crippen LogP contribution in [0.5, 0.6) is 0 Å². The molecule has 9 heavy (non-hydrogen) atoms. The molecule has 0 radical (unpaired) electrons. The van der Waals surface area contributed by atoms with Gasteiger partial charge in [0.25, 0.3) is 0 Å². The first kappa shape index (κ1) is 7.90. The van der Waals surface area contributed by atoms with Crippen molar-refractivity contribution < 1.29 is 15.0 Å². The van der Waals surface area contributed by atoms with E-state index in [9.17, 15) is 10.1 Å². The summed E-state index contributed by atoms with van der Waals surface area (Å²) in [7, 11) is 0. The SMILES string of the molecule is C=C(C)COO[N+](=O)[O-]. The van der Waals surface area contributed by atoms with Crippen LogP contribution >= 0.6 is 0 Å². The van der Waals surface area contributed by atoms with Gasteiger partial charge in [-0.25, -0.2) is 0 Å². The Morgan fingerprint density at radius 1 is 1.89 bits per heavy atom. The van der Waals surface area contributed by atoms with Crippen LogP contribution in [0.1, 0.15) is 6.92 Å². The molecule has 0 heterocycles. The van der Waals surface area contributed by atoms with Crippen molar-refractivity contribution in [3.8, 4) is 0 Å². The van der Waals surface area contributed by atoms with Gasteiger partial charge >= 0.3 is 5.09 Å². The van der Waals surface area contributed by atoms with Crippen molar-refractivity contribution in [2.75, 3.05) is 6.61 Å². The largest absolute Gasteiger partial charge is 0.322 e. The zero-order valence-corrected chi connectivity index (χ0v) is 4.99. The second-order valence-corrected chi connectivity index (χ2v) is 1.52. The van der Waals surface area contributed by atoms with E-state index in [1.807, 2.05) is 0 Å². The molecule has 0 amide bonds. The van der Waals surface area contributed by atoms with Gasteiger partial charge in [-0.1, -0.05) is 12.2 Å². The summed E-state index contributed by atoms with van der Waals surface area (Å²) in [5.74, 6) is 0. The fourth-order valence-electron chi connectivity index (χ4n) is 0.170. The topological polar surface area (TPSA) is 61.6 Å². The maximum atomic E-state index is 9.41. The Balaban J connectivity index is 3.10. The van der Waals surface area contributed by atoms with E-state index in [0.717, 1.165) is 0 Å². The zero-order chi connectivity index (χ0) is 7.28. The molecule has 5 heteroatoms. The Kier molecular flexibility index (Phi) is 3.38. The Morgan fingerprint density at radius 3 is 2.78 bits per heavy atom. The van der Waals surface area contributed by atoms with E-state index >= 15 is 0 Å². The monoisotopic (exact) mass is 133 g/mol. The standard InChI is InChI=1S/C4H7NO4/c1-4(2)3-8-9-5(6)7/h1,3H2,2H3. The lowest BCUT2D eigenvalue weighted by molar-refractivity contribution is -0.850. The molecule has 0 rings (SSSR count). The van der Waals surface area contributed by atoms with Crippen LogP contribution in [0.3, 0.4) is 0 Å². The highest BCUT2D eigenvalue weighted by Crippen LogP contribution is 1.88. The number of hydrogen-bond donors (Lipinski definition) is 0. The van der Waals surface area contributed by atoms with Crippen LogP contribution in [-0.4, -0.2) is 11.7 Å². The summed E-state index contributed by atoms with van der Waals surface area (Å²) >= 11 is 0. The summed E-state index contributed by atoms with van der Waals surface area (Å²) in [5, 5.41) is 8.38. The number of rotatable bonds is 4. The fraction of sp³-hybridized carbons (Fsp3) is 0.500. The predicted octanol–water partition coefficient (Wildman–Crippen LogP) is 0.702. The number of nitrogens with zero attached hydrogens (tertiary/aromatic N) is 1. The lowest BCUT2D eigenvalue weighted by Gasteiger charge is -1.95. The predicted molar refractivity (Wildman–Crippen MR) is 28.8 cm³/mol. The third kappa shape index (κ3) is 6.90. The van der Waals surface area contributed by atoms with Crippen LogP contribution in [0.2, 0.25) is 0 Å². The molecule has 0 aromatic heterocycles. The van der Waals surface area contributed by atoms with Crippen LogP contribution in [0.25, 0.3) is 0 Å². The second kappa shape index (κ2) is 3.85. The average Bonchev–Trinajstić information content (AvgIpc) is 1.63. The maximum absolute atomic E-state index is 9.41. The van der Waals surface area contributed by atoms with Crippen molar-refractivity contribution in [3.05, 3.63) is 22.3 Å². The molecule has 5 nitrogen and oxygen atoms in total. The van der Waals surface area contributed by atoms with Crippen molar-refractivity contribution in [1.82, 2.24) is 0 Å². The molecule has 0 aliphatic heterocycles. The van der Waals surface area contributed by atoms with Gasteiger partial charge in [0.05, 0.1) is 0 Å². The molecule has 0 aromatic carbocycles. The van der Waals surface area contributed by atoms with Gasteiger partial charge in [-0.15, -0.1) is 15.1 Å². The highest BCUT2D eigenvalue weighted by Gasteiger charge is 1.93. The molecule has 0 aliphatic carbocycles. The molecule has 0 spiro atoms. The van der Waals surface area contributed by atoms with E-state index in [4.69, 9.17) is 0 Å². The third-order valence-electron chi connectivity index (χ3n) is 0.419. The molecule has 0 unspecified atom stereocenters. The van der Waals surface area contributed by atoms with Crippen LogP contribution in [0.15, 0.2) is 12.2 Å². The summed E-state index contributed by atoms with van der Waals surface area (Å²) in [6.45, 7) is 5.14. The van der Waals surface area contributed by atoms with Gasteiger partial charge in [0.2, 0.25) is 0 Å². The van der Waals surface area contributed by atoms with E-state index in [1.54, 1.807) is 6.92 Å². The fourth-order valence-corrected chi connectivity index (χ4v) is 0.170. The first-order valence-corrected chi connectivity index (χ1v) is 2.21. The molecule has 52 valence electrons. The summed E-state index contributed by atoms with van der Waals surface area (Å²) in [4.78, 5) is 17.0. The van der Waals surface area contributed by atoms with Crippen LogP contribution in [0, 0.1) is 10.1 Å². The Morgan fingerprint density at radius 2 is 2.44 bits per heavy atom. The lowest BCUT2D eigenvalue weighted by Crippen LogP contribution is -2.03. The van der Waals surface area contributed by atoms with Crippen LogP contribution in [-0.2, 0) is 9.88 Å². The normalized spacial score (nSPS) is 8.56. The van der Waals surface area contributed by atoms with Gasteiger partial charge in [0, 0.05) is 0 Å². The van der Waals surface area contributed by atoms with Gasteiger partial charge in [0.15, 0.2) is 0 Å². The quantitative estimate of drug-likeness (QED) is 0.245. The van der Waals surface area contributed by atoms with Crippen LogP contribution < -0.4 is 0 Å². The molecule has 0 saturated carbocycles. The molecule has 0 atom stereocenters. The van der Waals surface area contributed by atoms with Gasteiger partial charge in [-0.3, -0.25) is 0 Å². The third-order valence-corrected chi connectivity index (χ3v) is 0.419. The number of hydrogen-bond acceptors (Lipinski definition) is 4. The van der Waals surface area contributed by atoms with Crippen molar-refractivity contribution in [2.45, 2.75) is 6.92 Å². The van der Waals surface area contributed by atoms with Crippen molar-refractivity contribution >= 4 is 0 Å². The minimum absolute atomic E-state index is 0.0426. The maximum Gasteiger partial charge on any atom is 0.322 e. The Labute approximate surface area is 51.9 Å². The van der Waals surface area contributed by atoms with Gasteiger partial charge in [-0.05, 0) is 6.92 Å². The Hall–Kier alpha value is -1.10. The molecule has 0 fully saturated rings. The zero-order valence-electron chi connectivity index (χ0n) is 4.99. The van der Waals surface area contributed by atoms with Gasteiger partial charge in [0.1, 0.15) is 6.61 Å². The second-order valence-electron chi connectivity index (χ2n) is 1.52. The van der Waals surface area contributed by atoms with E-state index < -0.39 is 5.09 Å². The van der Waals surface area contributed by atoms with Gasteiger partial charge in [-0.2, -0.15) is 4.89 Å². The molecule has 0 aliphatic rings.